The Morgan fingerprint density at radius 2 is 1.64 bits per heavy atom. The second-order valence-corrected chi connectivity index (χ2v) is 8.16. The Kier molecular flexibility index (Phi) is 6.03. The van der Waals surface area contributed by atoms with E-state index in [0.717, 1.165) is 4.90 Å². The highest BCUT2D eigenvalue weighted by Gasteiger charge is 2.35. The van der Waals surface area contributed by atoms with Gasteiger partial charge in [-0.25, -0.2) is 4.79 Å². The van der Waals surface area contributed by atoms with Gasteiger partial charge in [-0.3, -0.25) is 14.5 Å². The third-order valence-electron chi connectivity index (χ3n) is 5.79. The number of methoxy groups -OCH3 is 1. The lowest BCUT2D eigenvalue weighted by Crippen LogP contribution is -2.29. The topological polar surface area (TPSA) is 112 Å². The zero-order chi connectivity index (χ0) is 25.2. The first-order chi connectivity index (χ1) is 17.4. The van der Waals surface area contributed by atoms with Gasteiger partial charge in [-0.1, -0.05) is 24.3 Å². The molecule has 0 N–H and O–H groups in total. The second kappa shape index (κ2) is 9.46. The maximum atomic E-state index is 12.8. The van der Waals surface area contributed by atoms with Crippen LogP contribution < -0.4 is 4.74 Å². The van der Waals surface area contributed by atoms with E-state index in [9.17, 15) is 14.4 Å². The molecule has 0 fully saturated rings. The number of benzene rings is 3. The Morgan fingerprint density at radius 3 is 2.31 bits per heavy atom. The standard InChI is InChI=1S/C27H21N3O6/c1-16(23-28-29-24(36-23)18-10-12-20(34-2)13-11-18)35-27(33)19-7-5-6-17(14-19)15-30-25(31)21-8-3-4-9-22(21)26(30)32/h3-14,16H,15H2,1-2H3/t16-/m0/s1. The first kappa shape index (κ1) is 23.0. The SMILES string of the molecule is COc1ccc(-c2nnc([C@H](C)OC(=O)c3cccc(CN4C(=O)c5ccccc5C4=O)c3)o2)cc1. The zero-order valence-electron chi connectivity index (χ0n) is 19.5. The van der Waals surface area contributed by atoms with Crippen molar-refractivity contribution in [3.63, 3.8) is 0 Å². The Balaban J connectivity index is 1.26. The normalized spacial score (nSPS) is 13.4. The van der Waals surface area contributed by atoms with Crippen LogP contribution in [-0.2, 0) is 11.3 Å². The quantitative estimate of drug-likeness (QED) is 0.280. The molecule has 2 amide bonds. The molecule has 1 aliphatic heterocycles. The van der Waals surface area contributed by atoms with E-state index in [4.69, 9.17) is 13.9 Å². The van der Waals surface area contributed by atoms with Crippen LogP contribution >= 0.6 is 0 Å². The Morgan fingerprint density at radius 1 is 0.944 bits per heavy atom. The molecule has 0 bridgehead atoms. The van der Waals surface area contributed by atoms with Gasteiger partial charge in [0.15, 0.2) is 6.10 Å². The lowest BCUT2D eigenvalue weighted by molar-refractivity contribution is 0.0279. The van der Waals surface area contributed by atoms with E-state index in [1.54, 1.807) is 86.8 Å². The van der Waals surface area contributed by atoms with Crippen LogP contribution in [0.5, 0.6) is 5.75 Å². The van der Waals surface area contributed by atoms with Crippen molar-refractivity contribution >= 4 is 17.8 Å². The summed E-state index contributed by atoms with van der Waals surface area (Å²) < 4.78 is 16.4. The van der Waals surface area contributed by atoms with Crippen molar-refractivity contribution in [2.45, 2.75) is 19.6 Å². The highest BCUT2D eigenvalue weighted by molar-refractivity contribution is 6.21. The highest BCUT2D eigenvalue weighted by atomic mass is 16.6. The molecule has 180 valence electrons. The number of imide groups is 1. The predicted molar refractivity (Wildman–Crippen MR) is 127 cm³/mol. The van der Waals surface area contributed by atoms with Crippen LogP contribution in [0, 0.1) is 0 Å². The van der Waals surface area contributed by atoms with Crippen molar-refractivity contribution in [2.75, 3.05) is 7.11 Å². The van der Waals surface area contributed by atoms with E-state index < -0.39 is 12.1 Å². The van der Waals surface area contributed by atoms with Crippen molar-refractivity contribution < 1.29 is 28.3 Å². The number of carbonyl (C=O) groups is 3. The average Bonchev–Trinajstić information content (AvgIpc) is 3.49. The number of carbonyl (C=O) groups excluding carboxylic acids is 3. The van der Waals surface area contributed by atoms with Gasteiger partial charge in [0.2, 0.25) is 5.89 Å². The summed E-state index contributed by atoms with van der Waals surface area (Å²) in [6.07, 6.45) is -0.795. The van der Waals surface area contributed by atoms with E-state index in [-0.39, 0.29) is 29.8 Å². The number of hydrogen-bond donors (Lipinski definition) is 0. The van der Waals surface area contributed by atoms with Crippen LogP contribution in [0.1, 0.15) is 55.6 Å². The smallest absolute Gasteiger partial charge is 0.338 e. The van der Waals surface area contributed by atoms with Crippen LogP contribution in [0.15, 0.2) is 77.2 Å². The third-order valence-corrected chi connectivity index (χ3v) is 5.79. The molecule has 36 heavy (non-hydrogen) atoms. The summed E-state index contributed by atoms with van der Waals surface area (Å²) >= 11 is 0. The van der Waals surface area contributed by atoms with E-state index >= 15 is 0 Å². The highest BCUT2D eigenvalue weighted by Crippen LogP contribution is 2.26. The summed E-state index contributed by atoms with van der Waals surface area (Å²) in [5, 5.41) is 8.03. The predicted octanol–water partition coefficient (Wildman–Crippen LogP) is 4.46. The zero-order valence-corrected chi connectivity index (χ0v) is 19.5. The summed E-state index contributed by atoms with van der Waals surface area (Å²) in [4.78, 5) is 39.3. The summed E-state index contributed by atoms with van der Waals surface area (Å²) in [5.74, 6) is -0.181. The van der Waals surface area contributed by atoms with Crippen LogP contribution in [0.3, 0.4) is 0 Å². The van der Waals surface area contributed by atoms with Crippen molar-refractivity contribution in [3.8, 4) is 17.2 Å². The summed E-state index contributed by atoms with van der Waals surface area (Å²) in [5.41, 5.74) is 2.34. The molecule has 0 spiro atoms. The Labute approximate surface area is 206 Å². The Hall–Kier alpha value is -4.79. The molecule has 2 heterocycles. The number of rotatable bonds is 7. The fourth-order valence-electron chi connectivity index (χ4n) is 3.89. The monoisotopic (exact) mass is 483 g/mol. The van der Waals surface area contributed by atoms with Crippen LogP contribution in [0.25, 0.3) is 11.5 Å². The molecule has 0 radical (unpaired) electrons. The number of esters is 1. The van der Waals surface area contributed by atoms with E-state index in [0.29, 0.717) is 33.9 Å². The van der Waals surface area contributed by atoms with Crippen molar-refractivity contribution in [1.82, 2.24) is 15.1 Å². The first-order valence-electron chi connectivity index (χ1n) is 11.2. The van der Waals surface area contributed by atoms with Gasteiger partial charge in [0.1, 0.15) is 5.75 Å². The minimum Gasteiger partial charge on any atom is -0.497 e. The molecular formula is C27H21N3O6. The summed E-state index contributed by atoms with van der Waals surface area (Å²) in [6.45, 7) is 1.67. The molecular weight excluding hydrogens is 462 g/mol. The molecule has 0 unspecified atom stereocenters. The molecule has 1 aromatic heterocycles. The minimum atomic E-state index is -0.795. The molecule has 1 aliphatic rings. The van der Waals surface area contributed by atoms with E-state index in [1.807, 2.05) is 0 Å². The fourth-order valence-corrected chi connectivity index (χ4v) is 3.89. The Bertz CT molecular complexity index is 1430. The van der Waals surface area contributed by atoms with Crippen LogP contribution in [0.4, 0.5) is 0 Å². The van der Waals surface area contributed by atoms with Crippen molar-refractivity contribution in [2.24, 2.45) is 0 Å². The number of aromatic nitrogens is 2. The van der Waals surface area contributed by atoms with Gasteiger partial charge in [-0.05, 0) is 61.0 Å². The molecule has 1 atom stereocenters. The molecule has 9 heteroatoms. The maximum Gasteiger partial charge on any atom is 0.338 e. The second-order valence-electron chi connectivity index (χ2n) is 8.16. The van der Waals surface area contributed by atoms with Gasteiger partial charge in [0.25, 0.3) is 17.7 Å². The molecule has 0 aliphatic carbocycles. The largest absolute Gasteiger partial charge is 0.497 e. The third kappa shape index (κ3) is 4.34. The lowest BCUT2D eigenvalue weighted by atomic mass is 10.1. The number of fused-ring (bicyclic) bond motifs is 1. The van der Waals surface area contributed by atoms with Crippen molar-refractivity contribution in [3.05, 3.63) is 101 Å². The van der Waals surface area contributed by atoms with Gasteiger partial charge in [0, 0.05) is 5.56 Å². The number of hydrogen-bond acceptors (Lipinski definition) is 8. The number of nitrogens with zero attached hydrogens (tertiary/aromatic N) is 3. The van der Waals surface area contributed by atoms with Crippen molar-refractivity contribution in [1.29, 1.82) is 0 Å². The minimum absolute atomic E-state index is 0.0396. The van der Waals surface area contributed by atoms with Crippen LogP contribution in [-0.4, -0.2) is 40.0 Å². The number of ether oxygens (including phenoxy) is 2. The van der Waals surface area contributed by atoms with Gasteiger partial charge in [-0.2, -0.15) is 0 Å². The molecule has 0 saturated heterocycles. The first-order valence-corrected chi connectivity index (χ1v) is 11.2. The van der Waals surface area contributed by atoms with E-state index in [2.05, 4.69) is 10.2 Å². The van der Waals surface area contributed by atoms with Gasteiger partial charge in [-0.15, -0.1) is 10.2 Å². The maximum absolute atomic E-state index is 12.8. The molecule has 4 aromatic rings. The molecule has 0 saturated carbocycles. The fraction of sp³-hybridized carbons (Fsp3) is 0.148. The summed E-state index contributed by atoms with van der Waals surface area (Å²) in [6, 6.07) is 20.4. The molecule has 3 aromatic carbocycles. The lowest BCUT2D eigenvalue weighted by Gasteiger charge is -2.15. The average molecular weight is 483 g/mol. The van der Waals surface area contributed by atoms with Gasteiger partial charge >= 0.3 is 5.97 Å². The molecule has 9 nitrogen and oxygen atoms in total. The number of amides is 2. The van der Waals surface area contributed by atoms with Crippen LogP contribution in [0.2, 0.25) is 0 Å². The van der Waals surface area contributed by atoms with E-state index in [1.165, 1.54) is 0 Å². The molecule has 5 rings (SSSR count). The van der Waals surface area contributed by atoms with Gasteiger partial charge in [0.05, 0.1) is 30.3 Å². The van der Waals surface area contributed by atoms with Gasteiger partial charge < -0.3 is 13.9 Å². The summed E-state index contributed by atoms with van der Waals surface area (Å²) in [7, 11) is 1.58.